The maximum Gasteiger partial charge on any atom is 0.409 e. The third kappa shape index (κ3) is 4.32. The number of benzene rings is 1. The molecule has 0 aromatic heterocycles. The summed E-state index contributed by atoms with van der Waals surface area (Å²) in [4.78, 5) is 4.11. The van der Waals surface area contributed by atoms with Crippen LogP contribution >= 0.6 is 11.8 Å². The summed E-state index contributed by atoms with van der Waals surface area (Å²) in [6.07, 6.45) is -2.62. The largest absolute Gasteiger partial charge is 0.409 e. The van der Waals surface area contributed by atoms with Crippen molar-refractivity contribution in [3.8, 4) is 0 Å². The average Bonchev–Trinajstić information content (AvgIpc) is 3.11. The van der Waals surface area contributed by atoms with Crippen LogP contribution in [0, 0.1) is 5.82 Å². The highest BCUT2D eigenvalue weighted by Gasteiger charge is 2.46. The SMILES string of the molecule is CN1C(N)=N[C@](C)(c2cc(NC(C3CC=CS3)C(F)(F)F)ccc2F)CS1(=O)=O. The predicted octanol–water partition coefficient (Wildman–Crippen LogP) is 2.99. The number of hydrogen-bond acceptors (Lipinski definition) is 6. The second-order valence-electron chi connectivity index (χ2n) is 7.11. The van der Waals surface area contributed by atoms with Gasteiger partial charge in [-0.3, -0.25) is 0 Å². The van der Waals surface area contributed by atoms with Crippen molar-refractivity contribution >= 4 is 33.4 Å². The molecule has 0 spiro atoms. The molecule has 0 bridgehead atoms. The number of alkyl halides is 3. The Labute approximate surface area is 170 Å². The normalized spacial score (nSPS) is 27.6. The molecule has 2 aliphatic heterocycles. The minimum Gasteiger partial charge on any atom is -0.373 e. The number of rotatable bonds is 4. The highest BCUT2D eigenvalue weighted by molar-refractivity contribution is 8.03. The van der Waals surface area contributed by atoms with E-state index >= 15 is 0 Å². The number of aliphatic imine (C=N–C) groups is 1. The van der Waals surface area contributed by atoms with Crippen molar-refractivity contribution in [2.45, 2.75) is 36.4 Å². The quantitative estimate of drug-likeness (QED) is 0.686. The zero-order valence-electron chi connectivity index (χ0n) is 15.6. The minimum absolute atomic E-state index is 0.0162. The second-order valence-corrected chi connectivity index (χ2v) is 10.3. The molecule has 0 saturated carbocycles. The zero-order valence-corrected chi connectivity index (χ0v) is 17.2. The second kappa shape index (κ2) is 7.38. The van der Waals surface area contributed by atoms with Gasteiger partial charge in [-0.05, 0) is 37.0 Å². The summed E-state index contributed by atoms with van der Waals surface area (Å²) >= 11 is 1.07. The molecule has 0 aliphatic carbocycles. The average molecular weight is 452 g/mol. The fraction of sp³-hybridized carbons (Fsp3) is 0.471. The highest BCUT2D eigenvalue weighted by atomic mass is 32.2. The van der Waals surface area contributed by atoms with E-state index in [-0.39, 0.29) is 23.6 Å². The smallest absolute Gasteiger partial charge is 0.373 e. The number of anilines is 1. The summed E-state index contributed by atoms with van der Waals surface area (Å²) in [6, 6.07) is 1.49. The summed E-state index contributed by atoms with van der Waals surface area (Å²) in [5, 5.41) is 3.29. The molecule has 2 aliphatic rings. The van der Waals surface area contributed by atoms with Gasteiger partial charge >= 0.3 is 6.18 Å². The van der Waals surface area contributed by atoms with Gasteiger partial charge in [-0.1, -0.05) is 6.08 Å². The number of guanidine groups is 1. The molecule has 0 radical (unpaired) electrons. The van der Waals surface area contributed by atoms with E-state index in [1.807, 2.05) is 0 Å². The molecule has 0 saturated heterocycles. The molecule has 6 nitrogen and oxygen atoms in total. The topological polar surface area (TPSA) is 87.8 Å². The summed E-state index contributed by atoms with van der Waals surface area (Å²) in [6.45, 7) is 1.38. The molecular formula is C17H20F4N4O2S2. The first-order chi connectivity index (χ1) is 13.3. The minimum atomic E-state index is -4.53. The van der Waals surface area contributed by atoms with E-state index in [1.165, 1.54) is 26.1 Å². The molecular weight excluding hydrogens is 432 g/mol. The summed E-state index contributed by atoms with van der Waals surface area (Å²) in [5.41, 5.74) is 3.96. The summed E-state index contributed by atoms with van der Waals surface area (Å²) in [5.74, 6) is -1.67. The number of nitrogens with one attached hydrogen (secondary N) is 1. The van der Waals surface area contributed by atoms with Gasteiger partial charge in [0.2, 0.25) is 16.0 Å². The maximum atomic E-state index is 14.6. The van der Waals surface area contributed by atoms with Crippen molar-refractivity contribution in [1.82, 2.24) is 4.31 Å². The van der Waals surface area contributed by atoms with Gasteiger partial charge in [0.05, 0.1) is 5.75 Å². The molecule has 2 unspecified atom stereocenters. The lowest BCUT2D eigenvalue weighted by molar-refractivity contribution is -0.142. The first kappa shape index (κ1) is 21.8. The lowest BCUT2D eigenvalue weighted by Gasteiger charge is -2.35. The number of nitrogens with two attached hydrogens (primary N) is 1. The van der Waals surface area contributed by atoms with Gasteiger partial charge in [-0.15, -0.1) is 11.8 Å². The van der Waals surface area contributed by atoms with Crippen LogP contribution in [0.4, 0.5) is 23.2 Å². The molecule has 3 N–H and O–H groups in total. The lowest BCUT2D eigenvalue weighted by Crippen LogP contribution is -2.50. The number of thioether (sulfide) groups is 1. The van der Waals surface area contributed by atoms with Crippen molar-refractivity contribution in [2.24, 2.45) is 10.7 Å². The van der Waals surface area contributed by atoms with Crippen LogP contribution in [0.2, 0.25) is 0 Å². The van der Waals surface area contributed by atoms with Gasteiger partial charge in [0, 0.05) is 23.5 Å². The molecule has 0 fully saturated rings. The van der Waals surface area contributed by atoms with Crippen LogP contribution in [0.5, 0.6) is 0 Å². The van der Waals surface area contributed by atoms with Gasteiger partial charge in [-0.2, -0.15) is 13.2 Å². The molecule has 2 heterocycles. The molecule has 29 heavy (non-hydrogen) atoms. The van der Waals surface area contributed by atoms with Crippen molar-refractivity contribution in [3.05, 3.63) is 41.1 Å². The van der Waals surface area contributed by atoms with Gasteiger partial charge in [0.25, 0.3) is 0 Å². The van der Waals surface area contributed by atoms with Crippen LogP contribution < -0.4 is 11.1 Å². The maximum absolute atomic E-state index is 14.6. The molecule has 12 heteroatoms. The Balaban J connectivity index is 1.98. The van der Waals surface area contributed by atoms with Crippen molar-refractivity contribution in [3.63, 3.8) is 0 Å². The first-order valence-corrected chi connectivity index (χ1v) is 11.1. The Hall–Kier alpha value is -1.95. The van der Waals surface area contributed by atoms with Gasteiger partial charge in [0.15, 0.2) is 0 Å². The van der Waals surface area contributed by atoms with Crippen molar-refractivity contribution in [2.75, 3.05) is 18.1 Å². The van der Waals surface area contributed by atoms with Crippen molar-refractivity contribution in [1.29, 1.82) is 0 Å². The Morgan fingerprint density at radius 3 is 2.66 bits per heavy atom. The van der Waals surface area contributed by atoms with E-state index in [1.54, 1.807) is 11.5 Å². The van der Waals surface area contributed by atoms with Crippen molar-refractivity contribution < 1.29 is 26.0 Å². The Kier molecular flexibility index (Phi) is 5.54. The van der Waals surface area contributed by atoms with E-state index in [4.69, 9.17) is 5.73 Å². The fourth-order valence-corrected chi connectivity index (χ4v) is 5.77. The predicted molar refractivity (Wildman–Crippen MR) is 106 cm³/mol. The molecule has 3 atom stereocenters. The van der Waals surface area contributed by atoms with Crippen LogP contribution in [-0.2, 0) is 15.6 Å². The zero-order chi connectivity index (χ0) is 21.6. The molecule has 0 amide bonds. The lowest BCUT2D eigenvalue weighted by atomic mass is 9.93. The number of halogens is 4. The summed E-state index contributed by atoms with van der Waals surface area (Å²) < 4.78 is 80.7. The summed E-state index contributed by atoms with van der Waals surface area (Å²) in [7, 11) is -2.63. The molecule has 3 rings (SSSR count). The number of allylic oxidation sites excluding steroid dienone is 1. The number of sulfonamides is 1. The van der Waals surface area contributed by atoms with E-state index in [0.29, 0.717) is 0 Å². The van der Waals surface area contributed by atoms with Crippen LogP contribution in [0.25, 0.3) is 0 Å². The molecule has 1 aromatic carbocycles. The number of nitrogens with zero attached hydrogens (tertiary/aromatic N) is 2. The third-order valence-electron chi connectivity index (χ3n) is 4.88. The van der Waals surface area contributed by atoms with Crippen LogP contribution in [0.15, 0.2) is 34.7 Å². The highest BCUT2D eigenvalue weighted by Crippen LogP contribution is 2.38. The molecule has 160 valence electrons. The third-order valence-corrected chi connectivity index (χ3v) is 7.99. The van der Waals surface area contributed by atoms with Gasteiger partial charge in [0.1, 0.15) is 17.4 Å². The Morgan fingerprint density at radius 1 is 1.41 bits per heavy atom. The number of hydrogen-bond donors (Lipinski definition) is 2. The van der Waals surface area contributed by atoms with E-state index in [0.717, 1.165) is 22.1 Å². The van der Waals surface area contributed by atoms with Gasteiger partial charge in [-0.25, -0.2) is 22.1 Å². The van der Waals surface area contributed by atoms with Crippen LogP contribution in [-0.4, -0.2) is 49.0 Å². The molecule has 1 aromatic rings. The van der Waals surface area contributed by atoms with E-state index < -0.39 is 44.6 Å². The van der Waals surface area contributed by atoms with E-state index in [9.17, 15) is 26.0 Å². The van der Waals surface area contributed by atoms with E-state index in [2.05, 4.69) is 10.3 Å². The standard InChI is InChI=1S/C17H20F4N4O2S2/c1-16(9-29(26,27)25(2)15(22)24-16)11-8-10(5-6-12(11)18)23-14(17(19,20)21)13-4-3-7-28-13/h3,5-8,13-14,23H,4,9H2,1-2H3,(H2,22,24)/t13?,14?,16-/m0/s1. The van der Waals surface area contributed by atoms with Gasteiger partial charge < -0.3 is 11.1 Å². The monoisotopic (exact) mass is 452 g/mol. The van der Waals surface area contributed by atoms with Crippen LogP contribution in [0.3, 0.4) is 0 Å². The Morgan fingerprint density at radius 2 is 2.10 bits per heavy atom. The first-order valence-electron chi connectivity index (χ1n) is 8.59. The van der Waals surface area contributed by atoms with Crippen LogP contribution in [0.1, 0.15) is 18.9 Å². The fourth-order valence-electron chi connectivity index (χ4n) is 3.30. The Bertz CT molecular complexity index is 957.